The average molecular weight is 495 g/mol. The van der Waals surface area contributed by atoms with Crippen LogP contribution in [0.1, 0.15) is 24.8 Å². The van der Waals surface area contributed by atoms with Crippen LogP contribution in [0.2, 0.25) is 0 Å². The lowest BCUT2D eigenvalue weighted by Gasteiger charge is -2.19. The second-order valence-electron chi connectivity index (χ2n) is 6.50. The lowest BCUT2D eigenvalue weighted by atomic mass is 10.1. The monoisotopic (exact) mass is 495 g/mol. The maximum atomic E-state index is 12.6. The third-order valence-electron chi connectivity index (χ3n) is 4.10. The smallest absolute Gasteiger partial charge is 0.258 e. The number of carbonyl (C=O) groups is 2. The van der Waals surface area contributed by atoms with Gasteiger partial charge >= 0.3 is 0 Å². The Bertz CT molecular complexity index is 763. The van der Waals surface area contributed by atoms with Crippen LogP contribution in [0.15, 0.2) is 48.5 Å². The molecule has 2 amide bonds. The molecule has 1 atom stereocenters. The number of unbranched alkanes of at least 4 members (excludes halogenated alkanes) is 1. The zero-order valence-corrected chi connectivity index (χ0v) is 18.1. The number of benzene rings is 2. The second-order valence-corrected chi connectivity index (χ2v) is 7.75. The molecular formula is C21H26IN3O3. The summed E-state index contributed by atoms with van der Waals surface area (Å²) in [6.45, 7) is 2.39. The van der Waals surface area contributed by atoms with Gasteiger partial charge in [-0.2, -0.15) is 0 Å². The van der Waals surface area contributed by atoms with Crippen LogP contribution in [0.4, 0.5) is 5.69 Å². The van der Waals surface area contributed by atoms with Gasteiger partial charge in [-0.1, -0.05) is 17.7 Å². The van der Waals surface area contributed by atoms with Gasteiger partial charge in [0, 0.05) is 9.26 Å². The van der Waals surface area contributed by atoms with Crippen molar-refractivity contribution in [3.8, 4) is 5.75 Å². The van der Waals surface area contributed by atoms with Crippen LogP contribution in [0.25, 0.3) is 0 Å². The van der Waals surface area contributed by atoms with E-state index in [1.54, 1.807) is 12.1 Å². The molecule has 2 aromatic rings. The molecule has 7 heteroatoms. The molecule has 28 heavy (non-hydrogen) atoms. The zero-order valence-electron chi connectivity index (χ0n) is 15.9. The van der Waals surface area contributed by atoms with Crippen molar-refractivity contribution in [3.05, 3.63) is 57.7 Å². The highest BCUT2D eigenvalue weighted by Crippen LogP contribution is 2.14. The first-order chi connectivity index (χ1) is 13.5. The lowest BCUT2D eigenvalue weighted by molar-refractivity contribution is -0.128. The quantitative estimate of drug-likeness (QED) is 0.349. The summed E-state index contributed by atoms with van der Waals surface area (Å²) in [5.74, 6) is 0.0261. The van der Waals surface area contributed by atoms with E-state index in [0.717, 1.165) is 22.0 Å². The summed E-state index contributed by atoms with van der Waals surface area (Å²) >= 11 is 2.20. The van der Waals surface area contributed by atoms with Crippen molar-refractivity contribution in [2.45, 2.75) is 32.2 Å². The van der Waals surface area contributed by atoms with Crippen LogP contribution < -0.4 is 21.1 Å². The molecule has 2 aromatic carbocycles. The third-order valence-corrected chi connectivity index (χ3v) is 4.82. The van der Waals surface area contributed by atoms with Crippen molar-refractivity contribution in [2.24, 2.45) is 5.73 Å². The Morgan fingerprint density at radius 2 is 1.75 bits per heavy atom. The lowest BCUT2D eigenvalue weighted by Crippen LogP contribution is -2.45. The van der Waals surface area contributed by atoms with E-state index in [1.165, 1.54) is 0 Å². The van der Waals surface area contributed by atoms with Crippen LogP contribution in [-0.4, -0.2) is 31.0 Å². The number of hydrogen-bond acceptors (Lipinski definition) is 4. The number of nitrogens with one attached hydrogen (secondary N) is 2. The predicted octanol–water partition coefficient (Wildman–Crippen LogP) is 3.23. The van der Waals surface area contributed by atoms with Crippen molar-refractivity contribution in [2.75, 3.05) is 18.5 Å². The van der Waals surface area contributed by atoms with Gasteiger partial charge in [0.2, 0.25) is 5.91 Å². The molecule has 0 aromatic heterocycles. The molecule has 0 radical (unpaired) electrons. The molecule has 4 N–H and O–H groups in total. The van der Waals surface area contributed by atoms with Gasteiger partial charge in [-0.3, -0.25) is 9.59 Å². The summed E-state index contributed by atoms with van der Waals surface area (Å²) in [4.78, 5) is 24.9. The summed E-state index contributed by atoms with van der Waals surface area (Å²) in [5, 5.41) is 5.63. The van der Waals surface area contributed by atoms with E-state index in [4.69, 9.17) is 10.5 Å². The van der Waals surface area contributed by atoms with E-state index < -0.39 is 6.04 Å². The van der Waals surface area contributed by atoms with Gasteiger partial charge < -0.3 is 21.1 Å². The molecule has 0 bridgehead atoms. The molecule has 0 fully saturated rings. The Balaban J connectivity index is 1.92. The van der Waals surface area contributed by atoms with E-state index >= 15 is 0 Å². The van der Waals surface area contributed by atoms with E-state index in [1.807, 2.05) is 43.3 Å². The highest BCUT2D eigenvalue weighted by molar-refractivity contribution is 14.1. The largest absolute Gasteiger partial charge is 0.484 e. The second kappa shape index (κ2) is 11.7. The molecule has 0 aliphatic carbocycles. The summed E-state index contributed by atoms with van der Waals surface area (Å²) in [6.07, 6.45) is 2.06. The molecule has 0 saturated carbocycles. The topological polar surface area (TPSA) is 93.5 Å². The molecular weight excluding hydrogens is 469 g/mol. The minimum atomic E-state index is -0.638. The number of carbonyl (C=O) groups excluding carboxylic acids is 2. The number of aryl methyl sites for hydroxylation is 1. The maximum absolute atomic E-state index is 12.6. The number of hydrogen-bond donors (Lipinski definition) is 3. The van der Waals surface area contributed by atoms with Crippen LogP contribution in [0.5, 0.6) is 5.75 Å². The number of rotatable bonds is 10. The highest BCUT2D eigenvalue weighted by Gasteiger charge is 2.20. The Morgan fingerprint density at radius 1 is 1.07 bits per heavy atom. The number of ether oxygens (including phenoxy) is 1. The molecule has 0 spiro atoms. The minimum Gasteiger partial charge on any atom is -0.484 e. The Hall–Kier alpha value is -2.13. The van der Waals surface area contributed by atoms with Crippen molar-refractivity contribution < 1.29 is 14.3 Å². The standard InChI is InChI=1S/C21H26IN3O3/c1-15-5-9-17(10-6-15)24-21(27)19(4-2-3-13-23)25-20(26)14-28-18-11-7-16(22)8-12-18/h5-12,19H,2-4,13-14,23H2,1H3,(H,24,27)(H,25,26)/t19-/m0/s1. The van der Waals surface area contributed by atoms with Gasteiger partial charge in [-0.15, -0.1) is 0 Å². The van der Waals surface area contributed by atoms with Crippen molar-refractivity contribution in [1.29, 1.82) is 0 Å². The number of anilines is 1. The van der Waals surface area contributed by atoms with Crippen molar-refractivity contribution >= 4 is 40.1 Å². The van der Waals surface area contributed by atoms with Gasteiger partial charge in [0.15, 0.2) is 6.61 Å². The number of amides is 2. The van der Waals surface area contributed by atoms with Crippen molar-refractivity contribution in [3.63, 3.8) is 0 Å². The molecule has 150 valence electrons. The Labute approximate surface area is 179 Å². The van der Waals surface area contributed by atoms with Gasteiger partial charge in [-0.25, -0.2) is 0 Å². The average Bonchev–Trinajstić information content (AvgIpc) is 2.68. The molecule has 0 saturated heterocycles. The molecule has 0 aliphatic heterocycles. The van der Waals surface area contributed by atoms with Gasteiger partial charge in [0.25, 0.3) is 5.91 Å². The SMILES string of the molecule is Cc1ccc(NC(=O)[C@H](CCCCN)NC(=O)COc2ccc(I)cc2)cc1. The third kappa shape index (κ3) is 7.85. The molecule has 2 rings (SSSR count). The first kappa shape index (κ1) is 22.2. The fourth-order valence-electron chi connectivity index (χ4n) is 2.54. The number of halogens is 1. The molecule has 0 aliphatic rings. The first-order valence-electron chi connectivity index (χ1n) is 9.23. The Morgan fingerprint density at radius 3 is 2.39 bits per heavy atom. The fraction of sp³-hybridized carbons (Fsp3) is 0.333. The van der Waals surface area contributed by atoms with Crippen LogP contribution in [0.3, 0.4) is 0 Å². The first-order valence-corrected chi connectivity index (χ1v) is 10.3. The van der Waals surface area contributed by atoms with E-state index in [0.29, 0.717) is 24.4 Å². The Kier molecular flexibility index (Phi) is 9.22. The predicted molar refractivity (Wildman–Crippen MR) is 119 cm³/mol. The summed E-state index contributed by atoms with van der Waals surface area (Å²) in [6, 6.07) is 14.3. The summed E-state index contributed by atoms with van der Waals surface area (Å²) in [5.41, 5.74) is 7.35. The van der Waals surface area contributed by atoms with Crippen molar-refractivity contribution in [1.82, 2.24) is 5.32 Å². The van der Waals surface area contributed by atoms with Gasteiger partial charge in [-0.05, 0) is 91.7 Å². The van der Waals surface area contributed by atoms with E-state index in [9.17, 15) is 9.59 Å². The van der Waals surface area contributed by atoms with Crippen LogP contribution >= 0.6 is 22.6 Å². The summed E-state index contributed by atoms with van der Waals surface area (Å²) in [7, 11) is 0. The number of nitrogens with two attached hydrogens (primary N) is 1. The normalized spacial score (nSPS) is 11.5. The fourth-order valence-corrected chi connectivity index (χ4v) is 2.90. The van der Waals surface area contributed by atoms with E-state index in [2.05, 4.69) is 33.2 Å². The molecule has 0 unspecified atom stereocenters. The van der Waals surface area contributed by atoms with Crippen LogP contribution in [0, 0.1) is 10.5 Å². The van der Waals surface area contributed by atoms with E-state index in [-0.39, 0.29) is 18.4 Å². The zero-order chi connectivity index (χ0) is 20.4. The van der Waals surface area contributed by atoms with Crippen LogP contribution in [-0.2, 0) is 9.59 Å². The minimum absolute atomic E-state index is 0.147. The molecule has 6 nitrogen and oxygen atoms in total. The maximum Gasteiger partial charge on any atom is 0.258 e. The highest BCUT2D eigenvalue weighted by atomic mass is 127. The van der Waals surface area contributed by atoms with Gasteiger partial charge in [0.05, 0.1) is 0 Å². The summed E-state index contributed by atoms with van der Waals surface area (Å²) < 4.78 is 6.58. The van der Waals surface area contributed by atoms with Gasteiger partial charge in [0.1, 0.15) is 11.8 Å². The molecule has 0 heterocycles.